The molecular weight excluding hydrogens is 388 g/mol. The van der Waals surface area contributed by atoms with Gasteiger partial charge in [0.15, 0.2) is 0 Å². The summed E-state index contributed by atoms with van der Waals surface area (Å²) in [4.78, 5) is 14.2. The highest BCUT2D eigenvalue weighted by atomic mass is 79.9. The van der Waals surface area contributed by atoms with E-state index in [2.05, 4.69) is 44.1 Å². The average molecular weight is 404 g/mol. The summed E-state index contributed by atoms with van der Waals surface area (Å²) < 4.78 is 1.61. The van der Waals surface area contributed by atoms with Crippen molar-refractivity contribution >= 4 is 43.5 Å². The lowest BCUT2D eigenvalue weighted by Gasteiger charge is -2.39. The smallest absolute Gasteiger partial charge is 0.277 e. The van der Waals surface area contributed by atoms with E-state index < -0.39 is 5.72 Å². The molecule has 2 aliphatic heterocycles. The molecule has 0 bridgehead atoms. The number of likely N-dealkylation sites (tertiary alicyclic amines) is 1. The topological polar surface area (TPSA) is 52.6 Å². The van der Waals surface area contributed by atoms with Crippen molar-refractivity contribution in [2.75, 3.05) is 18.4 Å². The molecule has 2 heterocycles. The second-order valence-electron chi connectivity index (χ2n) is 5.61. The Labute approximate surface area is 134 Å². The van der Waals surface area contributed by atoms with Crippen LogP contribution in [0.2, 0.25) is 0 Å². The number of amides is 1. The largest absolute Gasteiger partial charge is 0.364 e. The Morgan fingerprint density at radius 2 is 2.00 bits per heavy atom. The van der Waals surface area contributed by atoms with Gasteiger partial charge >= 0.3 is 0 Å². The summed E-state index contributed by atoms with van der Waals surface area (Å²) in [5.74, 6) is 0.286. The zero-order valence-corrected chi connectivity index (χ0v) is 14.3. The molecule has 0 spiro atoms. The summed E-state index contributed by atoms with van der Waals surface area (Å²) >= 11 is 6.86. The van der Waals surface area contributed by atoms with E-state index in [1.807, 2.05) is 17.0 Å². The van der Waals surface area contributed by atoms with Crippen molar-refractivity contribution in [3.63, 3.8) is 0 Å². The van der Waals surface area contributed by atoms with Crippen LogP contribution in [0.5, 0.6) is 0 Å². The van der Waals surface area contributed by atoms with Gasteiger partial charge in [0, 0.05) is 27.6 Å². The van der Waals surface area contributed by atoms with Crippen molar-refractivity contribution in [1.82, 2.24) is 4.90 Å². The molecule has 6 heteroatoms. The van der Waals surface area contributed by atoms with E-state index in [4.69, 9.17) is 0 Å². The van der Waals surface area contributed by atoms with Crippen LogP contribution in [0.25, 0.3) is 0 Å². The van der Waals surface area contributed by atoms with Crippen LogP contribution in [0, 0.1) is 5.92 Å². The number of carbonyl (C=O) groups is 1. The van der Waals surface area contributed by atoms with E-state index in [1.54, 1.807) is 0 Å². The van der Waals surface area contributed by atoms with Gasteiger partial charge in [-0.3, -0.25) is 9.69 Å². The third kappa shape index (κ3) is 2.13. The fourth-order valence-electron chi connectivity index (χ4n) is 2.94. The summed E-state index contributed by atoms with van der Waals surface area (Å²) in [6.45, 7) is 3.67. The van der Waals surface area contributed by atoms with Crippen LogP contribution in [0.4, 0.5) is 5.69 Å². The minimum atomic E-state index is -1.55. The van der Waals surface area contributed by atoms with E-state index in [9.17, 15) is 9.90 Å². The average Bonchev–Trinajstić information content (AvgIpc) is 2.65. The molecule has 108 valence electrons. The molecule has 0 aromatic heterocycles. The Hall–Kier alpha value is -0.430. The minimum Gasteiger partial charge on any atom is -0.364 e. The van der Waals surface area contributed by atoms with Crippen LogP contribution in [0.1, 0.15) is 25.3 Å². The van der Waals surface area contributed by atoms with Gasteiger partial charge < -0.3 is 10.4 Å². The van der Waals surface area contributed by atoms with Crippen molar-refractivity contribution in [1.29, 1.82) is 0 Å². The number of halogens is 2. The van der Waals surface area contributed by atoms with Crippen LogP contribution in [-0.4, -0.2) is 29.0 Å². The number of carbonyl (C=O) groups excluding carboxylic acids is 1. The number of anilines is 1. The Bertz CT molecular complexity index is 571. The molecule has 2 aliphatic rings. The van der Waals surface area contributed by atoms with Crippen LogP contribution in [0.3, 0.4) is 0 Å². The van der Waals surface area contributed by atoms with Gasteiger partial charge in [0.2, 0.25) is 5.72 Å². The molecule has 1 atom stereocenters. The van der Waals surface area contributed by atoms with Crippen LogP contribution in [-0.2, 0) is 10.5 Å². The first-order valence-electron chi connectivity index (χ1n) is 6.71. The predicted octanol–water partition coefficient (Wildman–Crippen LogP) is 3.04. The fraction of sp³-hybridized carbons (Fsp3) is 0.500. The van der Waals surface area contributed by atoms with E-state index in [-0.39, 0.29) is 5.91 Å². The summed E-state index contributed by atoms with van der Waals surface area (Å²) in [7, 11) is 0. The SMILES string of the molecule is CC1CCN([C@@]2(O)C(=O)Nc3c(Br)cc(Br)cc32)CC1. The number of piperidine rings is 1. The molecule has 1 saturated heterocycles. The fourth-order valence-corrected chi connectivity index (χ4v) is 4.27. The van der Waals surface area contributed by atoms with Gasteiger partial charge in [-0.15, -0.1) is 0 Å². The third-order valence-corrected chi connectivity index (χ3v) is 5.31. The lowest BCUT2D eigenvalue weighted by molar-refractivity contribution is -0.162. The van der Waals surface area contributed by atoms with E-state index in [1.165, 1.54) is 0 Å². The first kappa shape index (κ1) is 14.5. The molecule has 20 heavy (non-hydrogen) atoms. The highest BCUT2D eigenvalue weighted by Gasteiger charge is 2.51. The highest BCUT2D eigenvalue weighted by Crippen LogP contribution is 2.45. The van der Waals surface area contributed by atoms with Crippen molar-refractivity contribution in [3.05, 3.63) is 26.6 Å². The van der Waals surface area contributed by atoms with Crippen molar-refractivity contribution in [3.8, 4) is 0 Å². The van der Waals surface area contributed by atoms with Crippen molar-refractivity contribution in [2.45, 2.75) is 25.5 Å². The first-order valence-corrected chi connectivity index (χ1v) is 8.30. The molecule has 0 unspecified atom stereocenters. The zero-order valence-electron chi connectivity index (χ0n) is 11.1. The van der Waals surface area contributed by atoms with Gasteiger partial charge in [-0.2, -0.15) is 0 Å². The molecule has 0 radical (unpaired) electrons. The number of benzene rings is 1. The summed E-state index contributed by atoms with van der Waals surface area (Å²) in [6, 6.07) is 3.68. The van der Waals surface area contributed by atoms with Crippen LogP contribution < -0.4 is 5.32 Å². The summed E-state index contributed by atoms with van der Waals surface area (Å²) in [5, 5.41) is 13.8. The highest BCUT2D eigenvalue weighted by molar-refractivity contribution is 9.11. The van der Waals surface area contributed by atoms with Crippen LogP contribution in [0.15, 0.2) is 21.1 Å². The van der Waals surface area contributed by atoms with E-state index >= 15 is 0 Å². The Kier molecular flexibility index (Phi) is 3.69. The summed E-state index contributed by atoms with van der Waals surface area (Å²) in [6.07, 6.45) is 2.00. The van der Waals surface area contributed by atoms with Crippen molar-refractivity contribution in [2.24, 2.45) is 5.92 Å². The van der Waals surface area contributed by atoms with Gasteiger partial charge in [-0.1, -0.05) is 22.9 Å². The molecule has 1 aromatic carbocycles. The van der Waals surface area contributed by atoms with Gasteiger partial charge in [0.25, 0.3) is 5.91 Å². The van der Waals surface area contributed by atoms with Gasteiger partial charge in [0.05, 0.1) is 5.69 Å². The number of rotatable bonds is 1. The van der Waals surface area contributed by atoms with E-state index in [0.717, 1.165) is 34.9 Å². The van der Waals surface area contributed by atoms with E-state index in [0.29, 0.717) is 17.2 Å². The number of nitrogens with zero attached hydrogens (tertiary/aromatic N) is 1. The summed E-state index contributed by atoms with van der Waals surface area (Å²) in [5.41, 5.74) is -0.264. The van der Waals surface area contributed by atoms with Gasteiger partial charge in [0.1, 0.15) is 0 Å². The molecule has 1 aromatic rings. The Morgan fingerprint density at radius 1 is 1.35 bits per heavy atom. The number of hydrogen-bond acceptors (Lipinski definition) is 3. The molecule has 0 aliphatic carbocycles. The second kappa shape index (κ2) is 5.09. The molecule has 4 nitrogen and oxygen atoms in total. The lowest BCUT2D eigenvalue weighted by Crippen LogP contribution is -2.53. The number of fused-ring (bicyclic) bond motifs is 1. The predicted molar refractivity (Wildman–Crippen MR) is 84.3 cm³/mol. The molecular formula is C14H16Br2N2O2. The molecule has 3 rings (SSSR count). The maximum atomic E-state index is 12.4. The zero-order chi connectivity index (χ0) is 14.5. The first-order chi connectivity index (χ1) is 9.42. The van der Waals surface area contributed by atoms with Gasteiger partial charge in [-0.05, 0) is 46.8 Å². The second-order valence-corrected chi connectivity index (χ2v) is 7.38. The Morgan fingerprint density at radius 3 is 2.65 bits per heavy atom. The number of aliphatic hydroxyl groups is 1. The maximum Gasteiger partial charge on any atom is 0.277 e. The standard InChI is InChI=1S/C14H16Br2N2O2/c1-8-2-4-18(5-3-8)14(20)10-6-9(15)7-11(16)12(10)17-13(14)19/h6-8,20H,2-5H2,1H3,(H,17,19)/t14-/m0/s1. The number of nitrogens with one attached hydrogen (secondary N) is 1. The minimum absolute atomic E-state index is 0.360. The van der Waals surface area contributed by atoms with Crippen LogP contribution >= 0.6 is 31.9 Å². The molecule has 1 fully saturated rings. The quantitative estimate of drug-likeness (QED) is 0.757. The van der Waals surface area contributed by atoms with Crippen molar-refractivity contribution < 1.29 is 9.90 Å². The molecule has 2 N–H and O–H groups in total. The normalized spacial score (nSPS) is 27.5. The monoisotopic (exact) mass is 402 g/mol. The molecule has 0 saturated carbocycles. The van der Waals surface area contributed by atoms with Gasteiger partial charge in [-0.25, -0.2) is 0 Å². The Balaban J connectivity index is 2.04. The molecule has 1 amide bonds. The lowest BCUT2D eigenvalue weighted by atomic mass is 9.94. The third-order valence-electron chi connectivity index (χ3n) is 4.23. The number of hydrogen-bond donors (Lipinski definition) is 2. The maximum absolute atomic E-state index is 12.4.